The molecule has 1 aromatic heterocycles. The van der Waals surface area contributed by atoms with E-state index in [2.05, 4.69) is 4.72 Å². The van der Waals surface area contributed by atoms with Gasteiger partial charge in [-0.15, -0.1) is 0 Å². The van der Waals surface area contributed by atoms with Crippen LogP contribution in [0.5, 0.6) is 17.2 Å². The second-order valence-electron chi connectivity index (χ2n) is 7.08. The SMILES string of the molecule is O=c1c(O)c(-c2ccc(CCNS(=O)(=O)c3ccc(Oc4ccccc4)cc3)cc2)sn1O. The first-order valence-corrected chi connectivity index (χ1v) is 12.2. The van der Waals surface area contributed by atoms with Crippen LogP contribution in [0.15, 0.2) is 88.6 Å². The Morgan fingerprint density at radius 1 is 0.909 bits per heavy atom. The van der Waals surface area contributed by atoms with Gasteiger partial charge in [-0.2, -0.15) is 0 Å². The molecule has 0 aliphatic rings. The number of benzene rings is 3. The van der Waals surface area contributed by atoms with Gasteiger partial charge < -0.3 is 15.1 Å². The van der Waals surface area contributed by atoms with Crippen LogP contribution in [0.4, 0.5) is 0 Å². The number of aromatic hydroxyl groups is 1. The Morgan fingerprint density at radius 2 is 1.55 bits per heavy atom. The Kier molecular flexibility index (Phi) is 6.50. The third-order valence-corrected chi connectivity index (χ3v) is 7.23. The molecule has 8 nitrogen and oxygen atoms in total. The Labute approximate surface area is 194 Å². The number of ether oxygens (including phenoxy) is 1. The molecule has 0 aliphatic heterocycles. The number of aromatic nitrogens is 1. The molecule has 170 valence electrons. The molecule has 0 radical (unpaired) electrons. The zero-order valence-corrected chi connectivity index (χ0v) is 18.8. The summed E-state index contributed by atoms with van der Waals surface area (Å²) < 4.78 is 33.8. The lowest BCUT2D eigenvalue weighted by Gasteiger charge is -2.09. The average Bonchev–Trinajstić information content (AvgIpc) is 3.08. The highest BCUT2D eigenvalue weighted by molar-refractivity contribution is 7.89. The number of rotatable bonds is 8. The fourth-order valence-corrected chi connectivity index (χ4v) is 4.89. The molecule has 3 aromatic carbocycles. The summed E-state index contributed by atoms with van der Waals surface area (Å²) in [4.78, 5) is 11.9. The summed E-state index contributed by atoms with van der Waals surface area (Å²) in [6.45, 7) is 0.190. The molecule has 1 heterocycles. The fraction of sp³-hybridized carbons (Fsp3) is 0.0870. The van der Waals surface area contributed by atoms with Crippen molar-refractivity contribution in [1.82, 2.24) is 8.84 Å². The predicted octanol–water partition coefficient (Wildman–Crippen LogP) is 3.83. The lowest BCUT2D eigenvalue weighted by atomic mass is 10.1. The minimum Gasteiger partial charge on any atom is -0.502 e. The molecule has 0 amide bonds. The number of nitrogens with zero attached hydrogens (tertiary/aromatic N) is 1. The molecule has 33 heavy (non-hydrogen) atoms. The maximum Gasteiger partial charge on any atom is 0.336 e. The molecular weight excluding hydrogens is 464 g/mol. The van der Waals surface area contributed by atoms with E-state index in [-0.39, 0.29) is 16.3 Å². The van der Waals surface area contributed by atoms with E-state index < -0.39 is 21.3 Å². The van der Waals surface area contributed by atoms with Crippen molar-refractivity contribution >= 4 is 21.6 Å². The summed E-state index contributed by atoms with van der Waals surface area (Å²) in [7, 11) is -3.68. The van der Waals surface area contributed by atoms with Crippen LogP contribution in [0, 0.1) is 0 Å². The van der Waals surface area contributed by atoms with Crippen LogP contribution in [-0.4, -0.2) is 29.4 Å². The van der Waals surface area contributed by atoms with Crippen molar-refractivity contribution in [3.05, 3.63) is 94.8 Å². The number of hydrogen-bond acceptors (Lipinski definition) is 7. The van der Waals surface area contributed by atoms with E-state index in [1.807, 2.05) is 30.3 Å². The van der Waals surface area contributed by atoms with Gasteiger partial charge in [-0.05, 0) is 65.5 Å². The highest BCUT2D eigenvalue weighted by Crippen LogP contribution is 2.31. The molecule has 0 unspecified atom stereocenters. The van der Waals surface area contributed by atoms with Gasteiger partial charge in [0.15, 0.2) is 0 Å². The van der Waals surface area contributed by atoms with Crippen LogP contribution < -0.4 is 15.0 Å². The van der Waals surface area contributed by atoms with Crippen molar-refractivity contribution in [2.24, 2.45) is 0 Å². The zero-order chi connectivity index (χ0) is 23.4. The van der Waals surface area contributed by atoms with Gasteiger partial charge in [0.05, 0.1) is 4.90 Å². The molecule has 0 saturated heterocycles. The van der Waals surface area contributed by atoms with Crippen molar-refractivity contribution in [2.75, 3.05) is 6.54 Å². The summed E-state index contributed by atoms with van der Waals surface area (Å²) in [5, 5.41) is 19.2. The van der Waals surface area contributed by atoms with Crippen LogP contribution >= 0.6 is 11.5 Å². The van der Waals surface area contributed by atoms with Gasteiger partial charge in [0.2, 0.25) is 15.8 Å². The molecule has 10 heteroatoms. The first kappa shape index (κ1) is 22.6. The van der Waals surface area contributed by atoms with Crippen LogP contribution in [0.2, 0.25) is 0 Å². The maximum atomic E-state index is 12.6. The third kappa shape index (κ3) is 5.25. The topological polar surface area (TPSA) is 118 Å². The summed E-state index contributed by atoms with van der Waals surface area (Å²) in [5.74, 6) is 0.687. The third-order valence-electron chi connectivity index (χ3n) is 4.80. The molecule has 3 N–H and O–H groups in total. The first-order valence-electron chi connectivity index (χ1n) is 9.90. The van der Waals surface area contributed by atoms with Gasteiger partial charge >= 0.3 is 5.56 Å². The van der Waals surface area contributed by atoms with Gasteiger partial charge in [0.1, 0.15) is 16.4 Å². The molecule has 0 spiro atoms. The molecule has 0 bridgehead atoms. The predicted molar refractivity (Wildman–Crippen MR) is 125 cm³/mol. The number of para-hydroxylation sites is 1. The number of hydrogen-bond donors (Lipinski definition) is 3. The van der Waals surface area contributed by atoms with Gasteiger partial charge in [-0.3, -0.25) is 4.79 Å². The van der Waals surface area contributed by atoms with Crippen LogP contribution in [0.1, 0.15) is 5.56 Å². The summed E-state index contributed by atoms with van der Waals surface area (Å²) in [5.41, 5.74) is 0.570. The van der Waals surface area contributed by atoms with Crippen LogP contribution in [0.25, 0.3) is 10.4 Å². The fourth-order valence-electron chi connectivity index (χ4n) is 3.10. The van der Waals surface area contributed by atoms with E-state index in [1.54, 1.807) is 36.4 Å². The van der Waals surface area contributed by atoms with Crippen molar-refractivity contribution in [2.45, 2.75) is 11.3 Å². The van der Waals surface area contributed by atoms with Gasteiger partial charge in [0, 0.05) is 6.54 Å². The van der Waals surface area contributed by atoms with Crippen LogP contribution in [-0.2, 0) is 16.4 Å². The number of nitrogens with one attached hydrogen (secondary N) is 1. The van der Waals surface area contributed by atoms with E-state index in [0.29, 0.717) is 27.6 Å². The number of sulfonamides is 1. The second kappa shape index (κ2) is 9.49. The monoisotopic (exact) mass is 484 g/mol. The molecule has 0 aliphatic carbocycles. The average molecular weight is 485 g/mol. The standard InChI is InChI=1S/C23H20N2O6S2/c26-21-22(32-25(28)23(21)27)17-8-6-16(7-9-17)14-15-24-33(29,30)20-12-10-19(11-13-20)31-18-4-2-1-3-5-18/h1-13,24,26,28H,14-15H2. The van der Waals surface area contributed by atoms with Gasteiger partial charge in [0.25, 0.3) is 0 Å². The Bertz CT molecular complexity index is 1390. The quantitative estimate of drug-likeness (QED) is 0.327. The summed E-state index contributed by atoms with van der Waals surface area (Å²) in [6.07, 6.45) is 0.442. The molecule has 0 saturated carbocycles. The Hall–Kier alpha value is -3.60. The van der Waals surface area contributed by atoms with E-state index in [1.165, 1.54) is 12.1 Å². The highest BCUT2D eigenvalue weighted by atomic mass is 32.2. The second-order valence-corrected chi connectivity index (χ2v) is 9.78. The molecule has 4 aromatic rings. The molecular formula is C23H20N2O6S2. The van der Waals surface area contributed by atoms with Crippen molar-refractivity contribution in [1.29, 1.82) is 0 Å². The zero-order valence-electron chi connectivity index (χ0n) is 17.2. The normalized spacial score (nSPS) is 11.4. The minimum absolute atomic E-state index is 0.136. The molecule has 0 fully saturated rings. The minimum atomic E-state index is -3.68. The van der Waals surface area contributed by atoms with E-state index in [0.717, 1.165) is 17.1 Å². The van der Waals surface area contributed by atoms with Gasteiger partial charge in [-0.25, -0.2) is 13.1 Å². The first-order chi connectivity index (χ1) is 15.8. The summed E-state index contributed by atoms with van der Waals surface area (Å²) in [6, 6.07) is 22.3. The van der Waals surface area contributed by atoms with Gasteiger partial charge in [-0.1, -0.05) is 46.6 Å². The summed E-state index contributed by atoms with van der Waals surface area (Å²) >= 11 is 0.729. The Morgan fingerprint density at radius 3 is 2.15 bits per heavy atom. The largest absolute Gasteiger partial charge is 0.502 e. The van der Waals surface area contributed by atoms with E-state index >= 15 is 0 Å². The van der Waals surface area contributed by atoms with Crippen molar-refractivity contribution < 1.29 is 23.5 Å². The van der Waals surface area contributed by atoms with Crippen LogP contribution in [0.3, 0.4) is 0 Å². The van der Waals surface area contributed by atoms with E-state index in [9.17, 15) is 23.5 Å². The maximum absolute atomic E-state index is 12.6. The lowest BCUT2D eigenvalue weighted by Crippen LogP contribution is -2.25. The highest BCUT2D eigenvalue weighted by Gasteiger charge is 2.16. The van der Waals surface area contributed by atoms with E-state index in [4.69, 9.17) is 4.74 Å². The van der Waals surface area contributed by atoms with Crippen molar-refractivity contribution in [3.63, 3.8) is 0 Å². The lowest BCUT2D eigenvalue weighted by molar-refractivity contribution is 0.206. The molecule has 4 rings (SSSR count). The van der Waals surface area contributed by atoms with Crippen molar-refractivity contribution in [3.8, 4) is 27.7 Å². The Balaban J connectivity index is 1.35. The molecule has 0 atom stereocenters. The smallest absolute Gasteiger partial charge is 0.336 e.